The standard InChI is InChI=1S/C42H85NO5/c1-3-5-7-9-11-13-15-17-19-20-22-23-25-27-29-31-33-35-39(45)41(47)38(37-44)43-42(48)40(46)36-34-32-30-28-26-24-21-18-16-14-12-10-8-6-4-2/h38-41,44-47H,3-37H2,1-2H3,(H,43,48). The monoisotopic (exact) mass is 684 g/mol. The summed E-state index contributed by atoms with van der Waals surface area (Å²) in [6.07, 6.45) is 38.4. The number of unbranched alkanes of at least 4 members (excludes halogenated alkanes) is 30. The molecule has 0 heterocycles. The van der Waals surface area contributed by atoms with E-state index in [9.17, 15) is 25.2 Å². The maximum atomic E-state index is 12.5. The molecular weight excluding hydrogens is 598 g/mol. The lowest BCUT2D eigenvalue weighted by Crippen LogP contribution is -2.53. The van der Waals surface area contributed by atoms with E-state index in [1.54, 1.807) is 0 Å². The number of aliphatic hydroxyl groups is 4. The molecule has 288 valence electrons. The van der Waals surface area contributed by atoms with Crippen LogP contribution < -0.4 is 5.32 Å². The Morgan fingerprint density at radius 1 is 0.438 bits per heavy atom. The zero-order chi connectivity index (χ0) is 35.3. The average Bonchev–Trinajstić information content (AvgIpc) is 3.09. The van der Waals surface area contributed by atoms with Gasteiger partial charge in [-0.15, -0.1) is 0 Å². The summed E-state index contributed by atoms with van der Waals surface area (Å²) in [5, 5.41) is 43.6. The summed E-state index contributed by atoms with van der Waals surface area (Å²) in [4.78, 5) is 12.5. The predicted molar refractivity (Wildman–Crippen MR) is 205 cm³/mol. The van der Waals surface area contributed by atoms with Crippen molar-refractivity contribution in [3.63, 3.8) is 0 Å². The summed E-state index contributed by atoms with van der Waals surface area (Å²) in [5.74, 6) is -0.580. The summed E-state index contributed by atoms with van der Waals surface area (Å²) in [6, 6.07) is -0.978. The molecule has 0 aliphatic heterocycles. The molecule has 4 atom stereocenters. The maximum absolute atomic E-state index is 12.5. The van der Waals surface area contributed by atoms with Gasteiger partial charge in [0.15, 0.2) is 0 Å². The van der Waals surface area contributed by atoms with Gasteiger partial charge in [0.05, 0.1) is 18.8 Å². The molecule has 5 N–H and O–H groups in total. The molecule has 0 fully saturated rings. The van der Waals surface area contributed by atoms with E-state index < -0.39 is 36.9 Å². The van der Waals surface area contributed by atoms with Crippen molar-refractivity contribution in [2.75, 3.05) is 6.61 Å². The highest BCUT2D eigenvalue weighted by molar-refractivity contribution is 5.80. The van der Waals surface area contributed by atoms with Crippen molar-refractivity contribution < 1.29 is 25.2 Å². The Balaban J connectivity index is 3.72. The first-order valence-electron chi connectivity index (χ1n) is 21.4. The van der Waals surface area contributed by atoms with E-state index in [-0.39, 0.29) is 0 Å². The number of rotatable bonds is 39. The normalized spacial score (nSPS) is 14.2. The molecule has 4 unspecified atom stereocenters. The number of hydrogen-bond donors (Lipinski definition) is 5. The Morgan fingerprint density at radius 3 is 1.00 bits per heavy atom. The molecule has 0 saturated carbocycles. The van der Waals surface area contributed by atoms with Crippen LogP contribution in [0.1, 0.15) is 232 Å². The van der Waals surface area contributed by atoms with Crippen molar-refractivity contribution in [2.24, 2.45) is 0 Å². The second-order valence-corrected chi connectivity index (χ2v) is 15.1. The lowest BCUT2D eigenvalue weighted by atomic mass is 9.99. The molecule has 0 rings (SSSR count). The predicted octanol–water partition coefficient (Wildman–Crippen LogP) is 10.8. The van der Waals surface area contributed by atoms with Crippen molar-refractivity contribution in [3.05, 3.63) is 0 Å². The van der Waals surface area contributed by atoms with Crippen molar-refractivity contribution >= 4 is 5.91 Å². The fourth-order valence-electron chi connectivity index (χ4n) is 6.88. The van der Waals surface area contributed by atoms with E-state index in [2.05, 4.69) is 19.2 Å². The van der Waals surface area contributed by atoms with E-state index in [0.29, 0.717) is 12.8 Å². The van der Waals surface area contributed by atoms with Gasteiger partial charge >= 0.3 is 0 Å². The zero-order valence-electron chi connectivity index (χ0n) is 32.3. The Bertz CT molecular complexity index is 648. The summed E-state index contributed by atoms with van der Waals surface area (Å²) in [5.41, 5.74) is 0. The van der Waals surface area contributed by atoms with Crippen LogP contribution in [0, 0.1) is 0 Å². The second kappa shape index (κ2) is 37.6. The van der Waals surface area contributed by atoms with Crippen molar-refractivity contribution in [1.29, 1.82) is 0 Å². The molecule has 0 bridgehead atoms. The molecule has 1 amide bonds. The third-order valence-electron chi connectivity index (χ3n) is 10.3. The van der Waals surface area contributed by atoms with Crippen LogP contribution >= 0.6 is 0 Å². The summed E-state index contributed by atoms with van der Waals surface area (Å²) in [7, 11) is 0. The van der Waals surface area contributed by atoms with Crippen LogP contribution in [-0.2, 0) is 4.79 Å². The molecule has 0 saturated heterocycles. The quantitative estimate of drug-likeness (QED) is 0.0414. The minimum Gasteiger partial charge on any atom is -0.394 e. The molecule has 0 aromatic carbocycles. The lowest BCUT2D eigenvalue weighted by Gasteiger charge is -2.27. The number of carbonyl (C=O) groups is 1. The number of nitrogens with one attached hydrogen (secondary N) is 1. The van der Waals surface area contributed by atoms with Gasteiger partial charge in [-0.1, -0.05) is 219 Å². The molecule has 0 aliphatic carbocycles. The Morgan fingerprint density at radius 2 is 0.708 bits per heavy atom. The first-order chi connectivity index (χ1) is 23.5. The van der Waals surface area contributed by atoms with Crippen LogP contribution in [0.3, 0.4) is 0 Å². The number of aliphatic hydroxyl groups excluding tert-OH is 4. The van der Waals surface area contributed by atoms with Crippen LogP contribution in [-0.4, -0.2) is 57.3 Å². The summed E-state index contributed by atoms with van der Waals surface area (Å²) >= 11 is 0. The van der Waals surface area contributed by atoms with E-state index in [4.69, 9.17) is 0 Å². The number of amides is 1. The molecule has 0 spiro atoms. The molecule has 6 heteroatoms. The van der Waals surface area contributed by atoms with Gasteiger partial charge in [-0.25, -0.2) is 0 Å². The van der Waals surface area contributed by atoms with Gasteiger partial charge in [-0.3, -0.25) is 4.79 Å². The van der Waals surface area contributed by atoms with Crippen LogP contribution in [0.15, 0.2) is 0 Å². The summed E-state index contributed by atoms with van der Waals surface area (Å²) in [6.45, 7) is 4.06. The molecule has 0 aliphatic rings. The highest BCUT2D eigenvalue weighted by Gasteiger charge is 2.28. The topological polar surface area (TPSA) is 110 Å². The first-order valence-corrected chi connectivity index (χ1v) is 21.4. The van der Waals surface area contributed by atoms with E-state index in [1.807, 2.05) is 0 Å². The summed E-state index contributed by atoms with van der Waals surface area (Å²) < 4.78 is 0. The molecule has 6 nitrogen and oxygen atoms in total. The maximum Gasteiger partial charge on any atom is 0.249 e. The third kappa shape index (κ3) is 31.3. The molecule has 0 aromatic rings. The molecule has 0 aromatic heterocycles. The Labute approximate surface area is 299 Å². The van der Waals surface area contributed by atoms with Gasteiger partial charge < -0.3 is 25.7 Å². The minimum absolute atomic E-state index is 0.375. The molecular formula is C42H85NO5. The third-order valence-corrected chi connectivity index (χ3v) is 10.3. The number of hydrogen-bond acceptors (Lipinski definition) is 5. The van der Waals surface area contributed by atoms with Crippen molar-refractivity contribution in [3.8, 4) is 0 Å². The highest BCUT2D eigenvalue weighted by atomic mass is 16.3. The van der Waals surface area contributed by atoms with E-state index >= 15 is 0 Å². The van der Waals surface area contributed by atoms with Gasteiger partial charge in [-0.2, -0.15) is 0 Å². The fraction of sp³-hybridized carbons (Fsp3) is 0.976. The van der Waals surface area contributed by atoms with Gasteiger partial charge in [0, 0.05) is 0 Å². The van der Waals surface area contributed by atoms with E-state index in [0.717, 1.165) is 38.5 Å². The van der Waals surface area contributed by atoms with Crippen molar-refractivity contribution in [1.82, 2.24) is 5.32 Å². The SMILES string of the molecule is CCCCCCCCCCCCCCCCCCCC(O)C(O)C(CO)NC(=O)C(O)CCCCCCCCCCCCCCCCC. The largest absolute Gasteiger partial charge is 0.394 e. The second-order valence-electron chi connectivity index (χ2n) is 15.1. The smallest absolute Gasteiger partial charge is 0.249 e. The van der Waals surface area contributed by atoms with Crippen molar-refractivity contribution in [2.45, 2.75) is 257 Å². The zero-order valence-corrected chi connectivity index (χ0v) is 32.3. The number of carbonyl (C=O) groups excluding carboxylic acids is 1. The Kier molecular flexibility index (Phi) is 37.0. The molecule has 48 heavy (non-hydrogen) atoms. The van der Waals surface area contributed by atoms with Gasteiger partial charge in [0.1, 0.15) is 12.2 Å². The molecule has 0 radical (unpaired) electrons. The van der Waals surface area contributed by atoms with Gasteiger partial charge in [-0.05, 0) is 12.8 Å². The highest BCUT2D eigenvalue weighted by Crippen LogP contribution is 2.17. The lowest BCUT2D eigenvalue weighted by molar-refractivity contribution is -0.132. The van der Waals surface area contributed by atoms with Crippen LogP contribution in [0.2, 0.25) is 0 Å². The first kappa shape index (κ1) is 47.3. The van der Waals surface area contributed by atoms with Gasteiger partial charge in [0.25, 0.3) is 0 Å². The van der Waals surface area contributed by atoms with E-state index in [1.165, 1.54) is 167 Å². The van der Waals surface area contributed by atoms with Crippen LogP contribution in [0.25, 0.3) is 0 Å². The van der Waals surface area contributed by atoms with Gasteiger partial charge in [0.2, 0.25) is 5.91 Å². The Hall–Kier alpha value is -0.690. The minimum atomic E-state index is -1.25. The fourth-order valence-corrected chi connectivity index (χ4v) is 6.88. The van der Waals surface area contributed by atoms with Crippen LogP contribution in [0.4, 0.5) is 0 Å². The average molecular weight is 684 g/mol. The van der Waals surface area contributed by atoms with Crippen LogP contribution in [0.5, 0.6) is 0 Å².